The molecule has 0 aromatic heterocycles. The molecule has 0 heterocycles. The summed E-state index contributed by atoms with van der Waals surface area (Å²) in [5.74, 6) is 0.248. The zero-order chi connectivity index (χ0) is 18.9. The number of carbonyl (C=O) groups excluding carboxylic acids is 1. The Morgan fingerprint density at radius 1 is 1.19 bits per heavy atom. The van der Waals surface area contributed by atoms with E-state index in [9.17, 15) is 10.1 Å². The first-order chi connectivity index (χ1) is 12.6. The summed E-state index contributed by atoms with van der Waals surface area (Å²) in [6, 6.07) is 15.2. The quantitative estimate of drug-likeness (QED) is 0.619. The van der Waals surface area contributed by atoms with E-state index in [1.165, 1.54) is 13.2 Å². The number of nitrogens with zero attached hydrogens (tertiary/aromatic N) is 2. The van der Waals surface area contributed by atoms with Gasteiger partial charge in [0.2, 0.25) is 0 Å². The van der Waals surface area contributed by atoms with Gasteiger partial charge in [-0.15, -0.1) is 0 Å². The number of amides is 1. The van der Waals surface area contributed by atoms with Gasteiger partial charge >= 0.3 is 0 Å². The third-order valence-electron chi connectivity index (χ3n) is 3.26. The van der Waals surface area contributed by atoms with Crippen molar-refractivity contribution in [3.8, 4) is 23.6 Å². The van der Waals surface area contributed by atoms with E-state index in [0.717, 1.165) is 0 Å². The maximum absolute atomic E-state index is 12.3. The van der Waals surface area contributed by atoms with Gasteiger partial charge in [0.05, 0.1) is 7.11 Å². The van der Waals surface area contributed by atoms with Gasteiger partial charge in [-0.2, -0.15) is 10.5 Å². The van der Waals surface area contributed by atoms with Gasteiger partial charge in [-0.3, -0.25) is 4.79 Å². The summed E-state index contributed by atoms with van der Waals surface area (Å²) in [7, 11) is 1.46. The fourth-order valence-corrected chi connectivity index (χ4v) is 2.18. The summed E-state index contributed by atoms with van der Waals surface area (Å²) in [5, 5.41) is 21.0. The first-order valence-electron chi connectivity index (χ1n) is 7.44. The predicted octanol–water partition coefficient (Wildman–Crippen LogP) is 3.80. The molecule has 1 N–H and O–H groups in total. The Morgan fingerprint density at radius 3 is 2.54 bits per heavy atom. The van der Waals surface area contributed by atoms with Crippen LogP contribution in [0.25, 0.3) is 6.08 Å². The molecule has 0 unspecified atom stereocenters. The number of benzene rings is 2. The van der Waals surface area contributed by atoms with Gasteiger partial charge in [0.25, 0.3) is 5.91 Å². The van der Waals surface area contributed by atoms with Crippen LogP contribution in [0.2, 0.25) is 5.02 Å². The number of halogens is 1. The Kier molecular flexibility index (Phi) is 6.61. The fourth-order valence-electron chi connectivity index (χ4n) is 2.05. The van der Waals surface area contributed by atoms with Crippen molar-refractivity contribution in [1.29, 1.82) is 10.5 Å². The largest absolute Gasteiger partial charge is 0.493 e. The minimum atomic E-state index is -0.543. The predicted molar refractivity (Wildman–Crippen MR) is 97.8 cm³/mol. The van der Waals surface area contributed by atoms with E-state index in [4.69, 9.17) is 26.3 Å². The van der Waals surface area contributed by atoms with Gasteiger partial charge in [-0.1, -0.05) is 17.7 Å². The monoisotopic (exact) mass is 367 g/mol. The lowest BCUT2D eigenvalue weighted by atomic mass is 10.1. The highest BCUT2D eigenvalue weighted by Gasteiger charge is 2.11. The number of hydrogen-bond donors (Lipinski definition) is 1. The Morgan fingerprint density at radius 2 is 1.92 bits per heavy atom. The average Bonchev–Trinajstić information content (AvgIpc) is 2.66. The van der Waals surface area contributed by atoms with E-state index >= 15 is 0 Å². The number of nitriles is 2. The summed E-state index contributed by atoms with van der Waals surface area (Å²) < 4.78 is 10.4. The topological polar surface area (TPSA) is 95.1 Å². The molecule has 26 heavy (non-hydrogen) atoms. The van der Waals surface area contributed by atoms with Crippen molar-refractivity contribution in [2.24, 2.45) is 0 Å². The number of hydrogen-bond acceptors (Lipinski definition) is 5. The van der Waals surface area contributed by atoms with Gasteiger partial charge in [0.15, 0.2) is 18.1 Å². The van der Waals surface area contributed by atoms with Crippen LogP contribution >= 0.6 is 11.6 Å². The normalized spacial score (nSPS) is 10.4. The van der Waals surface area contributed by atoms with Gasteiger partial charge in [-0.05, 0) is 48.0 Å². The van der Waals surface area contributed by atoms with Crippen LogP contribution < -0.4 is 14.8 Å². The first-order valence-corrected chi connectivity index (χ1v) is 7.81. The van der Waals surface area contributed by atoms with Crippen molar-refractivity contribution in [2.45, 2.75) is 0 Å². The molecule has 6 nitrogen and oxygen atoms in total. The molecule has 130 valence electrons. The first kappa shape index (κ1) is 18.9. The van der Waals surface area contributed by atoms with Crippen LogP contribution in [0.5, 0.6) is 11.5 Å². The lowest BCUT2D eigenvalue weighted by molar-refractivity contribution is -0.112. The highest BCUT2D eigenvalue weighted by molar-refractivity contribution is 6.30. The molecule has 0 aliphatic carbocycles. The SMILES string of the molecule is COc1cc(/C=C(\C#N)C(=O)Nc2ccc(Cl)cc2)ccc1OCC#N. The fraction of sp³-hybridized carbons (Fsp3) is 0.105. The minimum absolute atomic E-state index is 0.0762. The Hall–Kier alpha value is -3.48. The molecular formula is C19H14ClN3O3. The van der Waals surface area contributed by atoms with Crippen LogP contribution in [0.1, 0.15) is 5.56 Å². The second kappa shape index (κ2) is 9.12. The van der Waals surface area contributed by atoms with Gasteiger partial charge in [0.1, 0.15) is 17.7 Å². The van der Waals surface area contributed by atoms with E-state index in [0.29, 0.717) is 27.8 Å². The summed E-state index contributed by atoms with van der Waals surface area (Å²) in [5.41, 5.74) is 1.03. The van der Waals surface area contributed by atoms with Crippen molar-refractivity contribution in [3.05, 3.63) is 58.6 Å². The molecule has 7 heteroatoms. The Bertz CT molecular complexity index is 909. The third kappa shape index (κ3) is 5.01. The summed E-state index contributed by atoms with van der Waals surface area (Å²) >= 11 is 5.80. The Balaban J connectivity index is 2.22. The van der Waals surface area contributed by atoms with Crippen molar-refractivity contribution in [3.63, 3.8) is 0 Å². The molecule has 0 fully saturated rings. The van der Waals surface area contributed by atoms with Crippen LogP contribution in [0.4, 0.5) is 5.69 Å². The van der Waals surface area contributed by atoms with Crippen LogP contribution in [-0.4, -0.2) is 19.6 Å². The molecule has 0 aliphatic heterocycles. The zero-order valence-corrected chi connectivity index (χ0v) is 14.6. The molecule has 0 aliphatic rings. The average molecular weight is 368 g/mol. The van der Waals surface area contributed by atoms with E-state index in [1.807, 2.05) is 12.1 Å². The van der Waals surface area contributed by atoms with E-state index in [1.54, 1.807) is 42.5 Å². The number of carbonyl (C=O) groups is 1. The summed E-state index contributed by atoms with van der Waals surface area (Å²) in [6.07, 6.45) is 1.43. The minimum Gasteiger partial charge on any atom is -0.493 e. The molecule has 2 aromatic rings. The van der Waals surface area contributed by atoms with Gasteiger partial charge in [-0.25, -0.2) is 0 Å². The molecule has 2 aromatic carbocycles. The summed E-state index contributed by atoms with van der Waals surface area (Å²) in [4.78, 5) is 12.3. The standard InChI is InChI=1S/C19H14ClN3O3/c1-25-18-11-13(2-7-17(18)26-9-8-21)10-14(12-22)19(24)23-16-5-3-15(20)4-6-16/h2-7,10-11H,9H2,1H3,(H,23,24)/b14-10+. The molecule has 1 amide bonds. The van der Waals surface area contributed by atoms with E-state index < -0.39 is 5.91 Å². The number of rotatable bonds is 6. The number of methoxy groups -OCH3 is 1. The molecule has 0 radical (unpaired) electrons. The van der Waals surface area contributed by atoms with E-state index in [-0.39, 0.29) is 12.2 Å². The maximum atomic E-state index is 12.3. The summed E-state index contributed by atoms with van der Waals surface area (Å²) in [6.45, 7) is -0.113. The van der Waals surface area contributed by atoms with Crippen LogP contribution in [0.3, 0.4) is 0 Å². The molecule has 0 saturated heterocycles. The highest BCUT2D eigenvalue weighted by atomic mass is 35.5. The van der Waals surface area contributed by atoms with Crippen molar-refractivity contribution in [1.82, 2.24) is 0 Å². The molecular weight excluding hydrogens is 354 g/mol. The molecule has 0 spiro atoms. The molecule has 2 rings (SSSR count). The second-order valence-corrected chi connectivity index (χ2v) is 5.42. The molecule has 0 bridgehead atoms. The maximum Gasteiger partial charge on any atom is 0.266 e. The third-order valence-corrected chi connectivity index (χ3v) is 3.51. The highest BCUT2D eigenvalue weighted by Crippen LogP contribution is 2.29. The van der Waals surface area contributed by atoms with Crippen molar-refractivity contribution in [2.75, 3.05) is 19.0 Å². The molecule has 0 atom stereocenters. The number of nitrogens with one attached hydrogen (secondary N) is 1. The Labute approximate surface area is 155 Å². The number of anilines is 1. The zero-order valence-electron chi connectivity index (χ0n) is 13.8. The van der Waals surface area contributed by atoms with E-state index in [2.05, 4.69) is 5.32 Å². The lowest BCUT2D eigenvalue weighted by Gasteiger charge is -2.09. The van der Waals surface area contributed by atoms with Crippen LogP contribution in [0.15, 0.2) is 48.0 Å². The lowest BCUT2D eigenvalue weighted by Crippen LogP contribution is -2.13. The van der Waals surface area contributed by atoms with Crippen molar-refractivity contribution < 1.29 is 14.3 Å². The molecule has 0 saturated carbocycles. The second-order valence-electron chi connectivity index (χ2n) is 4.99. The van der Waals surface area contributed by atoms with Gasteiger partial charge < -0.3 is 14.8 Å². The van der Waals surface area contributed by atoms with Gasteiger partial charge in [0, 0.05) is 10.7 Å². The smallest absolute Gasteiger partial charge is 0.266 e. The van der Waals surface area contributed by atoms with Crippen LogP contribution in [-0.2, 0) is 4.79 Å². The number of ether oxygens (including phenoxy) is 2. The van der Waals surface area contributed by atoms with Crippen molar-refractivity contribution >= 4 is 29.3 Å². The van der Waals surface area contributed by atoms with Crippen LogP contribution in [0, 0.1) is 22.7 Å².